The molecule has 8 heteroatoms. The van der Waals surface area contributed by atoms with E-state index >= 15 is 0 Å². The maximum atomic E-state index is 11.9. The normalized spacial score (nSPS) is 10.9. The average Bonchev–Trinajstić information content (AvgIpc) is 2.41. The molecule has 1 N–H and O–H groups in total. The quantitative estimate of drug-likeness (QED) is 0.694. The predicted octanol–water partition coefficient (Wildman–Crippen LogP) is -1.09. The molecule has 2 aromatic heterocycles. The Hall–Kier alpha value is -2.51. The number of fused-ring (bicyclic) bond motifs is 1. The molecule has 0 saturated carbocycles. The van der Waals surface area contributed by atoms with Gasteiger partial charge in [-0.2, -0.15) is 0 Å². The molecule has 2 aromatic rings. The van der Waals surface area contributed by atoms with Gasteiger partial charge in [-0.15, -0.1) is 0 Å². The Morgan fingerprint density at radius 1 is 1.21 bits per heavy atom. The number of aromatic amines is 1. The number of hydrogen-bond donors (Lipinski definition) is 1. The van der Waals surface area contributed by atoms with Crippen LogP contribution in [0, 0.1) is 0 Å². The lowest BCUT2D eigenvalue weighted by Crippen LogP contribution is -2.39. The minimum absolute atomic E-state index is 0.00972. The number of nitrogens with one attached hydrogen (secondary N) is 1. The molecule has 0 aliphatic heterocycles. The number of hydrogen-bond acceptors (Lipinski definition) is 5. The monoisotopic (exact) mass is 264 g/mol. The van der Waals surface area contributed by atoms with E-state index in [0.717, 1.165) is 9.13 Å². The van der Waals surface area contributed by atoms with Crippen LogP contribution in [0.15, 0.2) is 14.4 Å². The molecule has 0 fully saturated rings. The fourth-order valence-corrected chi connectivity index (χ4v) is 1.76. The third-order valence-electron chi connectivity index (χ3n) is 2.89. The van der Waals surface area contributed by atoms with Crippen molar-refractivity contribution >= 4 is 16.9 Å². The molecule has 0 saturated heterocycles. The SMILES string of the molecule is CCC(=O)c1nc2c([nH]c1=O)c(=O)n(C)c(=O)n2C. The van der Waals surface area contributed by atoms with Gasteiger partial charge in [-0.05, 0) is 0 Å². The second-order valence-electron chi connectivity index (χ2n) is 4.10. The highest BCUT2D eigenvalue weighted by Crippen LogP contribution is 2.00. The molecule has 0 aliphatic carbocycles. The van der Waals surface area contributed by atoms with Crippen molar-refractivity contribution < 1.29 is 4.79 Å². The van der Waals surface area contributed by atoms with Gasteiger partial charge in [0.2, 0.25) is 0 Å². The molecule has 0 spiro atoms. The van der Waals surface area contributed by atoms with Crippen LogP contribution in [-0.2, 0) is 14.1 Å². The maximum absolute atomic E-state index is 11.9. The number of Topliss-reactive ketones (excluding diaryl/α,β-unsaturated/α-hetero) is 1. The molecule has 0 unspecified atom stereocenters. The molecule has 0 amide bonds. The zero-order chi connectivity index (χ0) is 14.3. The predicted molar refractivity (Wildman–Crippen MR) is 67.5 cm³/mol. The van der Waals surface area contributed by atoms with Gasteiger partial charge >= 0.3 is 5.69 Å². The number of carbonyl (C=O) groups is 1. The van der Waals surface area contributed by atoms with Crippen LogP contribution in [0.3, 0.4) is 0 Å². The summed E-state index contributed by atoms with van der Waals surface area (Å²) in [4.78, 5) is 53.1. The van der Waals surface area contributed by atoms with Gasteiger partial charge in [-0.3, -0.25) is 23.5 Å². The van der Waals surface area contributed by atoms with E-state index in [4.69, 9.17) is 0 Å². The first kappa shape index (κ1) is 12.9. The summed E-state index contributed by atoms with van der Waals surface area (Å²) in [6, 6.07) is 0. The zero-order valence-corrected chi connectivity index (χ0v) is 10.7. The summed E-state index contributed by atoms with van der Waals surface area (Å²) in [5.41, 5.74) is -2.36. The van der Waals surface area contributed by atoms with E-state index in [0.29, 0.717) is 0 Å². The number of rotatable bonds is 2. The Balaban J connectivity index is 3.04. The van der Waals surface area contributed by atoms with E-state index in [-0.39, 0.29) is 23.3 Å². The van der Waals surface area contributed by atoms with Crippen LogP contribution in [0.2, 0.25) is 0 Å². The second-order valence-corrected chi connectivity index (χ2v) is 4.10. The summed E-state index contributed by atoms with van der Waals surface area (Å²) >= 11 is 0. The molecule has 0 aromatic carbocycles. The average molecular weight is 264 g/mol. The van der Waals surface area contributed by atoms with E-state index in [1.165, 1.54) is 14.1 Å². The van der Waals surface area contributed by atoms with Crippen LogP contribution in [0.25, 0.3) is 11.2 Å². The van der Waals surface area contributed by atoms with E-state index in [1.54, 1.807) is 6.92 Å². The Kier molecular flexibility index (Phi) is 2.93. The number of carbonyl (C=O) groups excluding carboxylic acids is 1. The summed E-state index contributed by atoms with van der Waals surface area (Å²) in [5.74, 6) is -0.448. The van der Waals surface area contributed by atoms with Crippen molar-refractivity contribution in [2.24, 2.45) is 14.1 Å². The minimum Gasteiger partial charge on any atom is -0.313 e. The first-order chi connectivity index (χ1) is 8.88. The smallest absolute Gasteiger partial charge is 0.313 e. The van der Waals surface area contributed by atoms with Gasteiger partial charge in [-0.25, -0.2) is 9.78 Å². The molecule has 100 valence electrons. The number of aryl methyl sites for hydroxylation is 1. The first-order valence-electron chi connectivity index (χ1n) is 5.61. The highest BCUT2D eigenvalue weighted by atomic mass is 16.2. The van der Waals surface area contributed by atoms with Crippen molar-refractivity contribution in [1.82, 2.24) is 19.1 Å². The highest BCUT2D eigenvalue weighted by molar-refractivity contribution is 5.94. The fourth-order valence-electron chi connectivity index (χ4n) is 1.76. The molecular weight excluding hydrogens is 252 g/mol. The molecule has 0 atom stereocenters. The van der Waals surface area contributed by atoms with Gasteiger partial charge in [0.15, 0.2) is 22.6 Å². The Labute approximate surface area is 106 Å². The van der Waals surface area contributed by atoms with Gasteiger partial charge in [0.1, 0.15) is 0 Å². The minimum atomic E-state index is -0.727. The lowest BCUT2D eigenvalue weighted by Gasteiger charge is -2.06. The third kappa shape index (κ3) is 1.81. The van der Waals surface area contributed by atoms with E-state index in [1.807, 2.05) is 0 Å². The van der Waals surface area contributed by atoms with Crippen molar-refractivity contribution in [3.63, 3.8) is 0 Å². The molecular formula is C11H12N4O4. The maximum Gasteiger partial charge on any atom is 0.332 e. The third-order valence-corrected chi connectivity index (χ3v) is 2.89. The van der Waals surface area contributed by atoms with Crippen molar-refractivity contribution in [3.05, 3.63) is 36.9 Å². The Morgan fingerprint density at radius 3 is 2.42 bits per heavy atom. The standard InChI is InChI=1S/C11H12N4O4/c1-4-5(16)6-9(17)13-7-8(12-6)14(2)11(19)15(3)10(7)18/h4H2,1-3H3,(H,13,17). The summed E-state index contributed by atoms with van der Waals surface area (Å²) < 4.78 is 1.97. The number of nitrogens with zero attached hydrogens (tertiary/aromatic N) is 3. The Morgan fingerprint density at radius 2 is 1.84 bits per heavy atom. The van der Waals surface area contributed by atoms with Crippen LogP contribution < -0.4 is 16.8 Å². The largest absolute Gasteiger partial charge is 0.332 e. The van der Waals surface area contributed by atoms with Gasteiger partial charge in [0, 0.05) is 20.5 Å². The van der Waals surface area contributed by atoms with Crippen molar-refractivity contribution in [3.8, 4) is 0 Å². The van der Waals surface area contributed by atoms with Crippen molar-refractivity contribution in [2.45, 2.75) is 13.3 Å². The summed E-state index contributed by atoms with van der Waals surface area (Å²) in [5, 5.41) is 0. The Bertz CT molecular complexity index is 856. The number of aromatic nitrogens is 4. The lowest BCUT2D eigenvalue weighted by molar-refractivity contribution is 0.0982. The molecule has 0 radical (unpaired) electrons. The number of H-pyrrole nitrogens is 1. The number of ketones is 1. The van der Waals surface area contributed by atoms with Crippen LogP contribution in [-0.4, -0.2) is 24.9 Å². The second kappa shape index (κ2) is 4.30. The van der Waals surface area contributed by atoms with E-state index in [9.17, 15) is 19.2 Å². The topological polar surface area (TPSA) is 107 Å². The van der Waals surface area contributed by atoms with E-state index < -0.39 is 22.6 Å². The zero-order valence-electron chi connectivity index (χ0n) is 10.7. The van der Waals surface area contributed by atoms with E-state index in [2.05, 4.69) is 9.97 Å². The van der Waals surface area contributed by atoms with Crippen LogP contribution in [0.1, 0.15) is 23.8 Å². The highest BCUT2D eigenvalue weighted by Gasteiger charge is 2.16. The molecule has 0 aliphatic rings. The van der Waals surface area contributed by atoms with Gasteiger partial charge in [0.25, 0.3) is 11.1 Å². The summed E-state index contributed by atoms with van der Waals surface area (Å²) in [6.07, 6.45) is 0.111. The van der Waals surface area contributed by atoms with Crippen LogP contribution in [0.5, 0.6) is 0 Å². The van der Waals surface area contributed by atoms with Crippen LogP contribution >= 0.6 is 0 Å². The molecule has 2 heterocycles. The van der Waals surface area contributed by atoms with Gasteiger partial charge in [-0.1, -0.05) is 6.92 Å². The summed E-state index contributed by atoms with van der Waals surface area (Å²) in [7, 11) is 2.71. The molecule has 19 heavy (non-hydrogen) atoms. The van der Waals surface area contributed by atoms with Gasteiger partial charge < -0.3 is 4.98 Å². The lowest BCUT2D eigenvalue weighted by atomic mass is 10.2. The summed E-state index contributed by atoms with van der Waals surface area (Å²) in [6.45, 7) is 1.59. The van der Waals surface area contributed by atoms with Crippen molar-refractivity contribution in [1.29, 1.82) is 0 Å². The van der Waals surface area contributed by atoms with Crippen molar-refractivity contribution in [2.75, 3.05) is 0 Å². The van der Waals surface area contributed by atoms with Crippen LogP contribution in [0.4, 0.5) is 0 Å². The molecule has 0 bridgehead atoms. The fraction of sp³-hybridized carbons (Fsp3) is 0.364. The molecule has 2 rings (SSSR count). The van der Waals surface area contributed by atoms with Gasteiger partial charge in [0.05, 0.1) is 0 Å². The molecule has 8 nitrogen and oxygen atoms in total. The first-order valence-corrected chi connectivity index (χ1v) is 5.61.